The second kappa shape index (κ2) is 8.28. The van der Waals surface area contributed by atoms with Crippen molar-refractivity contribution in [2.75, 3.05) is 39.3 Å². The molecule has 1 saturated heterocycles. The van der Waals surface area contributed by atoms with Gasteiger partial charge in [0.2, 0.25) is 0 Å². The number of carbonyl (C=O) groups is 1. The minimum Gasteiger partial charge on any atom is -0.355 e. The largest absolute Gasteiger partial charge is 0.355 e. The molecule has 1 aromatic heterocycles. The van der Waals surface area contributed by atoms with Crippen molar-refractivity contribution in [1.82, 2.24) is 20.7 Å². The normalized spacial score (nSPS) is 15.4. The van der Waals surface area contributed by atoms with E-state index in [1.807, 2.05) is 12.1 Å². The predicted molar refractivity (Wildman–Crippen MR) is 93.2 cm³/mol. The second-order valence-corrected chi connectivity index (χ2v) is 6.22. The number of aromatic nitrogens is 1. The van der Waals surface area contributed by atoms with E-state index >= 15 is 0 Å². The van der Waals surface area contributed by atoms with Crippen LogP contribution in [-0.4, -0.2) is 55.2 Å². The van der Waals surface area contributed by atoms with Gasteiger partial charge >= 0.3 is 0 Å². The van der Waals surface area contributed by atoms with E-state index in [0.29, 0.717) is 23.0 Å². The fourth-order valence-electron chi connectivity index (χ4n) is 2.66. The first-order chi connectivity index (χ1) is 11.7. The van der Waals surface area contributed by atoms with Gasteiger partial charge in [0.05, 0.1) is 0 Å². The molecule has 7 heteroatoms. The van der Waals surface area contributed by atoms with Crippen LogP contribution in [0, 0.1) is 0 Å². The maximum Gasteiger partial charge on any atom is 0.273 e. The van der Waals surface area contributed by atoms with Gasteiger partial charge in [0.1, 0.15) is 0 Å². The number of nitrogens with one attached hydrogen (secondary N) is 2. The number of halogens is 1. The van der Waals surface area contributed by atoms with E-state index in [-0.39, 0.29) is 5.91 Å². The van der Waals surface area contributed by atoms with Crippen LogP contribution in [0.3, 0.4) is 0 Å². The molecule has 1 aliphatic heterocycles. The highest BCUT2D eigenvalue weighted by Gasteiger charge is 2.14. The topological polar surface area (TPSA) is 70.4 Å². The first kappa shape index (κ1) is 17.0. The monoisotopic (exact) mass is 348 g/mol. The Bertz CT molecular complexity index is 665. The number of benzene rings is 1. The van der Waals surface area contributed by atoms with Crippen LogP contribution in [0.5, 0.6) is 0 Å². The zero-order valence-corrected chi connectivity index (χ0v) is 14.2. The minimum atomic E-state index is -0.209. The highest BCUT2D eigenvalue weighted by atomic mass is 35.5. The fraction of sp³-hybridized carbons (Fsp3) is 0.412. The van der Waals surface area contributed by atoms with Crippen molar-refractivity contribution in [3.8, 4) is 11.3 Å². The summed E-state index contributed by atoms with van der Waals surface area (Å²) >= 11 is 5.86. The van der Waals surface area contributed by atoms with E-state index in [1.165, 1.54) is 0 Å². The van der Waals surface area contributed by atoms with E-state index in [2.05, 4.69) is 20.7 Å². The van der Waals surface area contributed by atoms with E-state index in [0.717, 1.165) is 44.7 Å². The van der Waals surface area contributed by atoms with Gasteiger partial charge < -0.3 is 20.1 Å². The van der Waals surface area contributed by atoms with Gasteiger partial charge in [-0.2, -0.15) is 0 Å². The van der Waals surface area contributed by atoms with Crippen LogP contribution in [-0.2, 0) is 0 Å². The van der Waals surface area contributed by atoms with Gasteiger partial charge in [-0.1, -0.05) is 16.8 Å². The number of hydrogen-bond donors (Lipinski definition) is 2. The van der Waals surface area contributed by atoms with Gasteiger partial charge in [-0.3, -0.25) is 4.79 Å². The molecule has 1 aliphatic rings. The summed E-state index contributed by atoms with van der Waals surface area (Å²) in [7, 11) is 0. The Hall–Kier alpha value is -1.89. The summed E-state index contributed by atoms with van der Waals surface area (Å²) in [6.07, 6.45) is 0.924. The van der Waals surface area contributed by atoms with Crippen LogP contribution in [0.1, 0.15) is 16.9 Å². The fourth-order valence-corrected chi connectivity index (χ4v) is 2.79. The first-order valence-electron chi connectivity index (χ1n) is 8.16. The third kappa shape index (κ3) is 4.56. The molecular weight excluding hydrogens is 328 g/mol. The SMILES string of the molecule is O=C(NCCCN1CCNCC1)c1cc(-c2ccc(Cl)cc2)on1. The van der Waals surface area contributed by atoms with Gasteiger partial charge in [-0.05, 0) is 37.2 Å². The molecule has 3 rings (SSSR count). The van der Waals surface area contributed by atoms with Crippen LogP contribution >= 0.6 is 11.6 Å². The molecule has 0 saturated carbocycles. The lowest BCUT2D eigenvalue weighted by atomic mass is 10.1. The number of amides is 1. The number of hydrogen-bond acceptors (Lipinski definition) is 5. The van der Waals surface area contributed by atoms with E-state index in [4.69, 9.17) is 16.1 Å². The molecule has 24 heavy (non-hydrogen) atoms. The van der Waals surface area contributed by atoms with Crippen molar-refractivity contribution in [3.63, 3.8) is 0 Å². The summed E-state index contributed by atoms with van der Waals surface area (Å²) in [5.41, 5.74) is 1.13. The maximum absolute atomic E-state index is 12.1. The van der Waals surface area contributed by atoms with E-state index in [1.54, 1.807) is 18.2 Å². The molecule has 2 aromatic rings. The Morgan fingerprint density at radius 3 is 2.79 bits per heavy atom. The molecule has 1 amide bonds. The van der Waals surface area contributed by atoms with Gasteiger partial charge in [0.25, 0.3) is 5.91 Å². The number of carbonyl (C=O) groups excluding carboxylic acids is 1. The Balaban J connectivity index is 1.46. The van der Waals surface area contributed by atoms with Crippen LogP contribution in [0.15, 0.2) is 34.9 Å². The third-order valence-electron chi connectivity index (χ3n) is 4.02. The zero-order chi connectivity index (χ0) is 16.8. The van der Waals surface area contributed by atoms with Crippen LogP contribution < -0.4 is 10.6 Å². The van der Waals surface area contributed by atoms with E-state index < -0.39 is 0 Å². The lowest BCUT2D eigenvalue weighted by molar-refractivity contribution is 0.0942. The maximum atomic E-state index is 12.1. The van der Waals surface area contributed by atoms with Crippen molar-refractivity contribution in [1.29, 1.82) is 0 Å². The quantitative estimate of drug-likeness (QED) is 0.782. The number of rotatable bonds is 6. The van der Waals surface area contributed by atoms with Crippen LogP contribution in [0.4, 0.5) is 0 Å². The zero-order valence-electron chi connectivity index (χ0n) is 13.4. The lowest BCUT2D eigenvalue weighted by Crippen LogP contribution is -2.44. The Labute approximate surface area is 146 Å². The molecule has 0 unspecified atom stereocenters. The van der Waals surface area contributed by atoms with Crippen molar-refractivity contribution in [3.05, 3.63) is 41.0 Å². The van der Waals surface area contributed by atoms with Crippen molar-refractivity contribution >= 4 is 17.5 Å². The Kier molecular flexibility index (Phi) is 5.85. The Morgan fingerprint density at radius 1 is 1.29 bits per heavy atom. The molecule has 0 radical (unpaired) electrons. The lowest BCUT2D eigenvalue weighted by Gasteiger charge is -2.26. The van der Waals surface area contributed by atoms with Gasteiger partial charge in [-0.15, -0.1) is 0 Å². The molecule has 2 N–H and O–H groups in total. The summed E-state index contributed by atoms with van der Waals surface area (Å²) in [5, 5.41) is 10.7. The standard InChI is InChI=1S/C17H21ClN4O2/c18-14-4-2-13(3-5-14)16-12-15(21-24-16)17(23)20-6-1-9-22-10-7-19-8-11-22/h2-5,12,19H,1,6-11H2,(H,20,23). The van der Waals surface area contributed by atoms with E-state index in [9.17, 15) is 4.79 Å². The smallest absolute Gasteiger partial charge is 0.273 e. The average Bonchev–Trinajstić information content (AvgIpc) is 3.10. The molecule has 0 aliphatic carbocycles. The molecule has 0 spiro atoms. The van der Waals surface area contributed by atoms with Crippen LogP contribution in [0.2, 0.25) is 5.02 Å². The molecule has 128 valence electrons. The highest BCUT2D eigenvalue weighted by Crippen LogP contribution is 2.22. The minimum absolute atomic E-state index is 0.209. The highest BCUT2D eigenvalue weighted by molar-refractivity contribution is 6.30. The molecule has 1 fully saturated rings. The molecule has 1 aromatic carbocycles. The predicted octanol–water partition coefficient (Wildman–Crippen LogP) is 2.02. The second-order valence-electron chi connectivity index (χ2n) is 5.78. The van der Waals surface area contributed by atoms with Crippen molar-refractivity contribution < 1.29 is 9.32 Å². The number of nitrogens with zero attached hydrogens (tertiary/aromatic N) is 2. The third-order valence-corrected chi connectivity index (χ3v) is 4.27. The molecular formula is C17H21ClN4O2. The molecule has 6 nitrogen and oxygen atoms in total. The van der Waals surface area contributed by atoms with Gasteiger partial charge in [0, 0.05) is 49.4 Å². The molecule has 0 atom stereocenters. The summed E-state index contributed by atoms with van der Waals surface area (Å²) in [4.78, 5) is 14.5. The van der Waals surface area contributed by atoms with Crippen molar-refractivity contribution in [2.45, 2.75) is 6.42 Å². The van der Waals surface area contributed by atoms with Gasteiger partial charge in [-0.25, -0.2) is 0 Å². The molecule has 0 bridgehead atoms. The summed E-state index contributed by atoms with van der Waals surface area (Å²) in [6.45, 7) is 5.85. The summed E-state index contributed by atoms with van der Waals surface area (Å²) in [6, 6.07) is 8.86. The number of piperazine rings is 1. The van der Waals surface area contributed by atoms with Crippen molar-refractivity contribution in [2.24, 2.45) is 0 Å². The summed E-state index contributed by atoms with van der Waals surface area (Å²) < 4.78 is 5.24. The first-order valence-corrected chi connectivity index (χ1v) is 8.54. The Morgan fingerprint density at radius 2 is 2.04 bits per heavy atom. The van der Waals surface area contributed by atoms with Gasteiger partial charge in [0.15, 0.2) is 11.5 Å². The summed E-state index contributed by atoms with van der Waals surface area (Å²) in [5.74, 6) is 0.344. The average molecular weight is 349 g/mol. The molecule has 2 heterocycles. The van der Waals surface area contributed by atoms with Crippen LogP contribution in [0.25, 0.3) is 11.3 Å².